The van der Waals surface area contributed by atoms with Crippen molar-refractivity contribution in [3.63, 3.8) is 0 Å². The fourth-order valence-electron chi connectivity index (χ4n) is 2.40. The second kappa shape index (κ2) is 6.78. The summed E-state index contributed by atoms with van der Waals surface area (Å²) in [6, 6.07) is 0. The third kappa shape index (κ3) is 3.73. The van der Waals surface area contributed by atoms with Gasteiger partial charge < -0.3 is 14.6 Å². The zero-order valence-electron chi connectivity index (χ0n) is 11.6. The van der Waals surface area contributed by atoms with Crippen LogP contribution >= 0.6 is 0 Å². The molecule has 2 rings (SSSR count). The number of nitrogens with one attached hydrogen (secondary N) is 1. The molecule has 18 heavy (non-hydrogen) atoms. The summed E-state index contributed by atoms with van der Waals surface area (Å²) in [5.41, 5.74) is 1.09. The average Bonchev–Trinajstić information content (AvgIpc) is 2.97. The number of aryl methyl sites for hydroxylation is 2. The summed E-state index contributed by atoms with van der Waals surface area (Å²) in [5.74, 6) is 1.01. The van der Waals surface area contributed by atoms with Crippen molar-refractivity contribution >= 4 is 5.95 Å². The topological polar surface area (TPSA) is 39.1 Å². The van der Waals surface area contributed by atoms with E-state index in [1.165, 1.54) is 25.7 Å². The van der Waals surface area contributed by atoms with E-state index in [-0.39, 0.29) is 0 Å². The van der Waals surface area contributed by atoms with E-state index >= 15 is 0 Å². The van der Waals surface area contributed by atoms with Crippen LogP contribution in [0.3, 0.4) is 0 Å². The Hall–Kier alpha value is -1.03. The molecule has 1 N–H and O–H groups in total. The third-order valence-corrected chi connectivity index (χ3v) is 3.42. The molecule has 1 saturated heterocycles. The molecule has 2 heterocycles. The van der Waals surface area contributed by atoms with E-state index < -0.39 is 0 Å². The van der Waals surface area contributed by atoms with Gasteiger partial charge >= 0.3 is 0 Å². The van der Waals surface area contributed by atoms with E-state index in [9.17, 15) is 0 Å². The molecule has 0 bridgehead atoms. The van der Waals surface area contributed by atoms with Crippen LogP contribution in [0.4, 0.5) is 5.95 Å². The summed E-state index contributed by atoms with van der Waals surface area (Å²) >= 11 is 0. The fourth-order valence-corrected chi connectivity index (χ4v) is 2.40. The molecule has 102 valence electrons. The highest BCUT2D eigenvalue weighted by molar-refractivity contribution is 5.28. The van der Waals surface area contributed by atoms with Gasteiger partial charge in [-0.15, -0.1) is 0 Å². The number of unbranched alkanes of at least 4 members (excludes halogenated alkanes) is 1. The van der Waals surface area contributed by atoms with Gasteiger partial charge in [-0.05, 0) is 32.6 Å². The molecule has 0 spiro atoms. The standard InChI is InChI=1S/C14H25N3O/c1-3-4-9-17-11-12(2)16-14(17)15-8-7-13-6-5-10-18-13/h11,13H,3-10H2,1-2H3,(H,15,16). The molecule has 0 aliphatic carbocycles. The van der Waals surface area contributed by atoms with Crippen LogP contribution in [0.2, 0.25) is 0 Å². The molecule has 1 aromatic heterocycles. The first-order valence-electron chi connectivity index (χ1n) is 7.19. The number of anilines is 1. The fraction of sp³-hybridized carbons (Fsp3) is 0.786. The molecule has 0 aromatic carbocycles. The van der Waals surface area contributed by atoms with Gasteiger partial charge in [0, 0.05) is 25.9 Å². The van der Waals surface area contributed by atoms with Crippen molar-refractivity contribution in [2.24, 2.45) is 0 Å². The molecular formula is C14H25N3O. The number of imidazole rings is 1. The summed E-state index contributed by atoms with van der Waals surface area (Å²) in [7, 11) is 0. The second-order valence-electron chi connectivity index (χ2n) is 5.10. The summed E-state index contributed by atoms with van der Waals surface area (Å²) in [5, 5.41) is 3.44. The highest BCUT2D eigenvalue weighted by Crippen LogP contribution is 2.16. The number of ether oxygens (including phenoxy) is 1. The van der Waals surface area contributed by atoms with Crippen molar-refractivity contribution in [2.75, 3.05) is 18.5 Å². The molecule has 1 atom stereocenters. The van der Waals surface area contributed by atoms with Gasteiger partial charge in [-0.1, -0.05) is 13.3 Å². The van der Waals surface area contributed by atoms with Gasteiger partial charge in [0.1, 0.15) is 0 Å². The molecule has 4 nitrogen and oxygen atoms in total. The van der Waals surface area contributed by atoms with Gasteiger partial charge in [-0.2, -0.15) is 0 Å². The van der Waals surface area contributed by atoms with Crippen molar-refractivity contribution in [3.8, 4) is 0 Å². The lowest BCUT2D eigenvalue weighted by Crippen LogP contribution is -2.15. The molecule has 1 aliphatic rings. The Labute approximate surface area is 110 Å². The van der Waals surface area contributed by atoms with Gasteiger partial charge in [0.15, 0.2) is 0 Å². The van der Waals surface area contributed by atoms with Crippen molar-refractivity contribution in [1.82, 2.24) is 9.55 Å². The van der Waals surface area contributed by atoms with Crippen LogP contribution in [0.1, 0.15) is 44.7 Å². The van der Waals surface area contributed by atoms with E-state index in [0.717, 1.165) is 37.8 Å². The maximum Gasteiger partial charge on any atom is 0.203 e. The molecule has 1 unspecified atom stereocenters. The zero-order chi connectivity index (χ0) is 12.8. The average molecular weight is 251 g/mol. The van der Waals surface area contributed by atoms with Gasteiger partial charge in [0.2, 0.25) is 5.95 Å². The molecule has 1 aromatic rings. The Morgan fingerprint density at radius 1 is 1.56 bits per heavy atom. The molecule has 0 saturated carbocycles. The number of hydrogen-bond donors (Lipinski definition) is 1. The van der Waals surface area contributed by atoms with Crippen LogP contribution in [0, 0.1) is 6.92 Å². The SMILES string of the molecule is CCCCn1cc(C)nc1NCCC1CCCO1. The lowest BCUT2D eigenvalue weighted by atomic mass is 10.2. The van der Waals surface area contributed by atoms with E-state index in [1.807, 2.05) is 6.92 Å². The van der Waals surface area contributed by atoms with Gasteiger partial charge in [0.05, 0.1) is 11.8 Å². The molecule has 0 radical (unpaired) electrons. The maximum absolute atomic E-state index is 5.62. The summed E-state index contributed by atoms with van der Waals surface area (Å²) < 4.78 is 7.85. The van der Waals surface area contributed by atoms with Crippen LogP contribution in [0.15, 0.2) is 6.20 Å². The van der Waals surface area contributed by atoms with Gasteiger partial charge in [-0.3, -0.25) is 0 Å². The van der Waals surface area contributed by atoms with Gasteiger partial charge in [0.25, 0.3) is 0 Å². The molecular weight excluding hydrogens is 226 g/mol. The van der Waals surface area contributed by atoms with Crippen molar-refractivity contribution in [1.29, 1.82) is 0 Å². The maximum atomic E-state index is 5.62. The summed E-state index contributed by atoms with van der Waals surface area (Å²) in [6.07, 6.45) is 8.52. The Bertz CT molecular complexity index is 356. The monoisotopic (exact) mass is 251 g/mol. The van der Waals surface area contributed by atoms with E-state index in [0.29, 0.717) is 6.10 Å². The highest BCUT2D eigenvalue weighted by atomic mass is 16.5. The predicted octanol–water partition coefficient (Wildman–Crippen LogP) is 2.97. The Morgan fingerprint density at radius 3 is 3.17 bits per heavy atom. The molecule has 4 heteroatoms. The quantitative estimate of drug-likeness (QED) is 0.809. The Kier molecular flexibility index (Phi) is 5.05. The lowest BCUT2D eigenvalue weighted by Gasteiger charge is -2.12. The normalized spacial score (nSPS) is 19.3. The van der Waals surface area contributed by atoms with Crippen LogP contribution in [-0.4, -0.2) is 28.8 Å². The Balaban J connectivity index is 1.79. The third-order valence-electron chi connectivity index (χ3n) is 3.42. The second-order valence-corrected chi connectivity index (χ2v) is 5.10. The van der Waals surface area contributed by atoms with Crippen LogP contribution < -0.4 is 5.32 Å². The number of rotatable bonds is 7. The minimum absolute atomic E-state index is 0.456. The van der Waals surface area contributed by atoms with Gasteiger partial charge in [-0.25, -0.2) is 4.98 Å². The van der Waals surface area contributed by atoms with Crippen molar-refractivity contribution in [3.05, 3.63) is 11.9 Å². The minimum atomic E-state index is 0.456. The van der Waals surface area contributed by atoms with Crippen LogP contribution in [0.5, 0.6) is 0 Å². The molecule has 1 aliphatic heterocycles. The number of aromatic nitrogens is 2. The van der Waals surface area contributed by atoms with Crippen molar-refractivity contribution < 1.29 is 4.74 Å². The predicted molar refractivity (Wildman–Crippen MR) is 74.0 cm³/mol. The first-order chi connectivity index (χ1) is 8.79. The van der Waals surface area contributed by atoms with Crippen LogP contribution in [-0.2, 0) is 11.3 Å². The van der Waals surface area contributed by atoms with E-state index in [4.69, 9.17) is 4.74 Å². The number of nitrogens with zero attached hydrogens (tertiary/aromatic N) is 2. The van der Waals surface area contributed by atoms with Crippen molar-refractivity contribution in [2.45, 2.75) is 58.6 Å². The first kappa shape index (κ1) is 13.4. The summed E-state index contributed by atoms with van der Waals surface area (Å²) in [6.45, 7) is 7.21. The minimum Gasteiger partial charge on any atom is -0.378 e. The number of hydrogen-bond acceptors (Lipinski definition) is 3. The molecule has 1 fully saturated rings. The summed E-state index contributed by atoms with van der Waals surface area (Å²) in [4.78, 5) is 4.54. The zero-order valence-corrected chi connectivity index (χ0v) is 11.6. The van der Waals surface area contributed by atoms with E-state index in [1.54, 1.807) is 0 Å². The lowest BCUT2D eigenvalue weighted by molar-refractivity contribution is 0.107. The van der Waals surface area contributed by atoms with E-state index in [2.05, 4.69) is 28.0 Å². The Morgan fingerprint density at radius 2 is 2.44 bits per heavy atom. The smallest absolute Gasteiger partial charge is 0.203 e. The first-order valence-corrected chi connectivity index (χ1v) is 7.19. The highest BCUT2D eigenvalue weighted by Gasteiger charge is 2.15. The largest absolute Gasteiger partial charge is 0.378 e. The molecule has 0 amide bonds. The van der Waals surface area contributed by atoms with Crippen LogP contribution in [0.25, 0.3) is 0 Å².